The molecular formula is C23H25FN4O3. The van der Waals surface area contributed by atoms with Crippen LogP contribution in [0.2, 0.25) is 0 Å². The van der Waals surface area contributed by atoms with Gasteiger partial charge in [-0.15, -0.1) is 0 Å². The highest BCUT2D eigenvalue weighted by atomic mass is 19.1. The molecule has 2 N–H and O–H groups in total. The number of carbonyl (C=O) groups excluding carboxylic acids is 1. The Morgan fingerprint density at radius 1 is 1.19 bits per heavy atom. The van der Waals surface area contributed by atoms with Crippen LogP contribution in [0.25, 0.3) is 0 Å². The first-order valence-electron chi connectivity index (χ1n) is 9.97. The molecule has 3 rings (SSSR count). The van der Waals surface area contributed by atoms with Crippen molar-refractivity contribution in [3.05, 3.63) is 76.9 Å². The summed E-state index contributed by atoms with van der Waals surface area (Å²) in [6.07, 6.45) is 0.940. The first kappa shape index (κ1) is 22.0. The maximum absolute atomic E-state index is 14.0. The van der Waals surface area contributed by atoms with Crippen LogP contribution in [-0.2, 0) is 13.1 Å². The number of halogens is 1. The Labute approximate surface area is 180 Å². The molecule has 0 radical (unpaired) electrons. The van der Waals surface area contributed by atoms with Crippen LogP contribution in [0.4, 0.5) is 15.8 Å². The molecule has 0 unspecified atom stereocenters. The van der Waals surface area contributed by atoms with Crippen molar-refractivity contribution in [2.75, 3.05) is 17.3 Å². The number of hydrogen-bond donors (Lipinski definition) is 2. The first-order valence-corrected chi connectivity index (χ1v) is 9.97. The van der Waals surface area contributed by atoms with Gasteiger partial charge in [-0.25, -0.2) is 9.18 Å². The number of amides is 1. The molecule has 0 bridgehead atoms. The molecule has 0 atom stereocenters. The number of aryl methyl sites for hydroxylation is 2. The number of hydrogen-bond acceptors (Lipinski definition) is 4. The summed E-state index contributed by atoms with van der Waals surface area (Å²) >= 11 is 0. The van der Waals surface area contributed by atoms with E-state index in [-0.39, 0.29) is 16.8 Å². The van der Waals surface area contributed by atoms with E-state index >= 15 is 0 Å². The minimum atomic E-state index is -1.12. The maximum Gasteiger partial charge on any atom is 0.335 e. The summed E-state index contributed by atoms with van der Waals surface area (Å²) in [4.78, 5) is 26.0. The van der Waals surface area contributed by atoms with Crippen molar-refractivity contribution in [2.24, 2.45) is 0 Å². The minimum absolute atomic E-state index is 0.0212. The van der Waals surface area contributed by atoms with Gasteiger partial charge in [0.05, 0.1) is 40.4 Å². The van der Waals surface area contributed by atoms with Gasteiger partial charge in [-0.2, -0.15) is 5.10 Å². The molecule has 0 spiro atoms. The van der Waals surface area contributed by atoms with Crippen LogP contribution < -0.4 is 10.2 Å². The van der Waals surface area contributed by atoms with Crippen LogP contribution in [0, 0.1) is 12.7 Å². The summed E-state index contributed by atoms with van der Waals surface area (Å²) in [6.45, 7) is 5.28. The highest BCUT2D eigenvalue weighted by Gasteiger charge is 2.18. The summed E-state index contributed by atoms with van der Waals surface area (Å²) in [7, 11) is 1.84. The van der Waals surface area contributed by atoms with Crippen molar-refractivity contribution >= 4 is 23.3 Å². The zero-order chi connectivity index (χ0) is 22.5. The van der Waals surface area contributed by atoms with Crippen LogP contribution in [0.1, 0.15) is 45.4 Å². The molecule has 0 aliphatic rings. The van der Waals surface area contributed by atoms with Crippen molar-refractivity contribution < 1.29 is 19.1 Å². The summed E-state index contributed by atoms with van der Waals surface area (Å²) in [5.41, 5.74) is 2.70. The lowest BCUT2D eigenvalue weighted by Crippen LogP contribution is -2.22. The molecule has 31 heavy (non-hydrogen) atoms. The molecule has 2 aromatic carbocycles. The van der Waals surface area contributed by atoms with Crippen LogP contribution in [0.5, 0.6) is 0 Å². The predicted octanol–water partition coefficient (Wildman–Crippen LogP) is 4.33. The average Bonchev–Trinajstić information content (AvgIpc) is 3.07. The van der Waals surface area contributed by atoms with E-state index in [0.717, 1.165) is 24.4 Å². The van der Waals surface area contributed by atoms with E-state index in [1.54, 1.807) is 12.1 Å². The zero-order valence-corrected chi connectivity index (χ0v) is 17.7. The lowest BCUT2D eigenvalue weighted by atomic mass is 10.1. The number of aromatic carboxylic acids is 1. The Morgan fingerprint density at radius 2 is 1.94 bits per heavy atom. The zero-order valence-electron chi connectivity index (χ0n) is 17.7. The number of carbonyl (C=O) groups is 2. The number of carboxylic acids is 1. The number of aromatic nitrogens is 2. The van der Waals surface area contributed by atoms with Crippen molar-refractivity contribution in [1.82, 2.24) is 9.78 Å². The number of rotatable bonds is 8. The maximum atomic E-state index is 14.0. The number of anilines is 2. The SMILES string of the molecule is CCCn1nc(C)cc1CN(C)c1ccc(C(=O)O)cc1NC(=O)c1ccccc1F. The Hall–Kier alpha value is -3.68. The quantitative estimate of drug-likeness (QED) is 0.562. The van der Waals surface area contributed by atoms with Crippen molar-refractivity contribution in [3.63, 3.8) is 0 Å². The van der Waals surface area contributed by atoms with E-state index in [2.05, 4.69) is 17.3 Å². The van der Waals surface area contributed by atoms with Gasteiger partial charge in [-0.3, -0.25) is 9.48 Å². The second-order valence-electron chi connectivity index (χ2n) is 7.33. The van der Waals surface area contributed by atoms with Crippen molar-refractivity contribution in [3.8, 4) is 0 Å². The Balaban J connectivity index is 1.93. The van der Waals surface area contributed by atoms with Gasteiger partial charge in [-0.05, 0) is 49.7 Å². The molecule has 162 valence electrons. The van der Waals surface area contributed by atoms with Crippen molar-refractivity contribution in [1.29, 1.82) is 0 Å². The molecule has 8 heteroatoms. The van der Waals surface area contributed by atoms with E-state index in [1.807, 2.05) is 29.6 Å². The van der Waals surface area contributed by atoms with Gasteiger partial charge < -0.3 is 15.3 Å². The molecule has 1 heterocycles. The molecule has 0 fully saturated rings. The molecule has 1 amide bonds. The minimum Gasteiger partial charge on any atom is -0.478 e. The fraction of sp³-hybridized carbons (Fsp3) is 0.261. The first-order chi connectivity index (χ1) is 14.8. The second-order valence-corrected chi connectivity index (χ2v) is 7.33. The normalized spacial score (nSPS) is 10.7. The third-order valence-corrected chi connectivity index (χ3v) is 4.84. The van der Waals surface area contributed by atoms with Gasteiger partial charge >= 0.3 is 5.97 Å². The molecule has 1 aromatic heterocycles. The highest BCUT2D eigenvalue weighted by Crippen LogP contribution is 2.29. The van der Waals surface area contributed by atoms with Gasteiger partial charge in [-0.1, -0.05) is 19.1 Å². The monoisotopic (exact) mass is 424 g/mol. The fourth-order valence-electron chi connectivity index (χ4n) is 3.40. The van der Waals surface area contributed by atoms with Crippen LogP contribution >= 0.6 is 0 Å². The van der Waals surface area contributed by atoms with E-state index in [4.69, 9.17) is 0 Å². The van der Waals surface area contributed by atoms with Gasteiger partial charge in [0.2, 0.25) is 0 Å². The molecule has 0 aliphatic heterocycles. The van der Waals surface area contributed by atoms with E-state index in [9.17, 15) is 19.1 Å². The highest BCUT2D eigenvalue weighted by molar-refractivity contribution is 6.06. The van der Waals surface area contributed by atoms with Gasteiger partial charge in [0, 0.05) is 13.6 Å². The largest absolute Gasteiger partial charge is 0.478 e. The fourth-order valence-corrected chi connectivity index (χ4v) is 3.40. The lowest BCUT2D eigenvalue weighted by Gasteiger charge is -2.23. The van der Waals surface area contributed by atoms with E-state index in [0.29, 0.717) is 12.2 Å². The summed E-state index contributed by atoms with van der Waals surface area (Å²) < 4.78 is 16.0. The van der Waals surface area contributed by atoms with Gasteiger partial charge in [0.25, 0.3) is 5.91 Å². The average molecular weight is 424 g/mol. The number of nitrogens with zero attached hydrogens (tertiary/aromatic N) is 3. The van der Waals surface area contributed by atoms with E-state index in [1.165, 1.54) is 30.3 Å². The second kappa shape index (κ2) is 9.42. The molecule has 0 aliphatic carbocycles. The van der Waals surface area contributed by atoms with Gasteiger partial charge in [0.1, 0.15) is 5.82 Å². The Morgan fingerprint density at radius 3 is 2.61 bits per heavy atom. The molecule has 0 saturated heterocycles. The third-order valence-electron chi connectivity index (χ3n) is 4.84. The topological polar surface area (TPSA) is 87.5 Å². The number of nitrogens with one attached hydrogen (secondary N) is 1. The summed E-state index contributed by atoms with van der Waals surface area (Å²) in [5.74, 6) is -2.42. The summed E-state index contributed by atoms with van der Waals surface area (Å²) in [6, 6.07) is 12.1. The van der Waals surface area contributed by atoms with E-state index < -0.39 is 17.7 Å². The standard InChI is InChI=1S/C23H25FN4O3/c1-4-11-28-17(12-15(2)26-28)14-27(3)21-10-9-16(23(30)31)13-20(21)25-22(29)18-7-5-6-8-19(18)24/h5-10,12-13H,4,11,14H2,1-3H3,(H,25,29)(H,30,31). The number of benzene rings is 2. The summed E-state index contributed by atoms with van der Waals surface area (Å²) in [5, 5.41) is 16.5. The Bertz CT molecular complexity index is 1110. The molecule has 3 aromatic rings. The molecular weight excluding hydrogens is 399 g/mol. The van der Waals surface area contributed by atoms with Crippen LogP contribution in [0.3, 0.4) is 0 Å². The van der Waals surface area contributed by atoms with Crippen LogP contribution in [0.15, 0.2) is 48.5 Å². The predicted molar refractivity (Wildman–Crippen MR) is 117 cm³/mol. The van der Waals surface area contributed by atoms with Crippen LogP contribution in [-0.4, -0.2) is 33.8 Å². The van der Waals surface area contributed by atoms with Crippen molar-refractivity contribution in [2.45, 2.75) is 33.4 Å². The van der Waals surface area contributed by atoms with Gasteiger partial charge in [0.15, 0.2) is 0 Å². The molecule has 7 nitrogen and oxygen atoms in total. The molecule has 0 saturated carbocycles. The third kappa shape index (κ3) is 5.09. The smallest absolute Gasteiger partial charge is 0.335 e. The number of carboxylic acid groups (broad SMARTS) is 1. The lowest BCUT2D eigenvalue weighted by molar-refractivity contribution is 0.0696. The Kier molecular flexibility index (Phi) is 6.69.